The van der Waals surface area contributed by atoms with Crippen LogP contribution in [0.5, 0.6) is 0 Å². The van der Waals surface area contributed by atoms with Gasteiger partial charge in [-0.1, -0.05) is 30.3 Å². The molecule has 0 saturated carbocycles. The van der Waals surface area contributed by atoms with Crippen LogP contribution in [0, 0.1) is 0 Å². The highest BCUT2D eigenvalue weighted by atomic mass is 32.2. The summed E-state index contributed by atoms with van der Waals surface area (Å²) in [6.45, 7) is 2.11. The second-order valence-corrected chi connectivity index (χ2v) is 10.5. The minimum Gasteiger partial charge on any atom is -0.340 e. The smallest absolute Gasteiger partial charge is 0.285 e. The number of para-hydroxylation sites is 1. The van der Waals surface area contributed by atoms with Crippen LogP contribution in [0.3, 0.4) is 0 Å². The Hall–Kier alpha value is -3.82. The van der Waals surface area contributed by atoms with E-state index in [4.69, 9.17) is 0 Å². The summed E-state index contributed by atoms with van der Waals surface area (Å²) in [6.07, 6.45) is 7.02. The number of anilines is 2. The summed E-state index contributed by atoms with van der Waals surface area (Å²) in [6, 6.07) is 18.8. The maximum absolute atomic E-state index is 13.6. The van der Waals surface area contributed by atoms with Gasteiger partial charge in [-0.25, -0.2) is 4.98 Å². The molecule has 0 unspecified atom stereocenters. The molecular weight excluding hydrogens is 460 g/mol. The Balaban J connectivity index is 1.33. The monoisotopic (exact) mass is 484 g/mol. The average Bonchev–Trinajstić information content (AvgIpc) is 3.33. The van der Waals surface area contributed by atoms with Gasteiger partial charge in [0.25, 0.3) is 10.0 Å². The zero-order chi connectivity index (χ0) is 23.8. The molecule has 3 aromatic heterocycles. The van der Waals surface area contributed by atoms with E-state index in [0.29, 0.717) is 28.2 Å². The van der Waals surface area contributed by atoms with Crippen molar-refractivity contribution < 1.29 is 8.42 Å². The summed E-state index contributed by atoms with van der Waals surface area (Å²) in [7, 11) is -3.97. The van der Waals surface area contributed by atoms with Gasteiger partial charge in [0.15, 0.2) is 0 Å². The number of fused-ring (bicyclic) bond motifs is 2. The standard InChI is InChI=1S/C26H24N6O2S/c33-35(34,24-5-1-3-20-4-2-12-28-26(20)24)32-23-15-25(29-16-21(23)17-30-32)31-22-8-6-18(7-9-22)19-10-13-27-14-11-19/h1-9,12,15-17,19,27H,10-11,13-14H2,(H,29,31). The first-order valence-electron chi connectivity index (χ1n) is 11.6. The van der Waals surface area contributed by atoms with Crippen LogP contribution in [0.15, 0.2) is 84.1 Å². The van der Waals surface area contributed by atoms with Gasteiger partial charge in [-0.3, -0.25) is 4.98 Å². The van der Waals surface area contributed by atoms with E-state index in [-0.39, 0.29) is 4.90 Å². The van der Waals surface area contributed by atoms with Gasteiger partial charge in [-0.2, -0.15) is 17.6 Å². The fourth-order valence-electron chi connectivity index (χ4n) is 4.68. The van der Waals surface area contributed by atoms with Crippen LogP contribution in [-0.4, -0.2) is 40.7 Å². The molecule has 9 heteroatoms. The van der Waals surface area contributed by atoms with Crippen LogP contribution in [0.2, 0.25) is 0 Å². The second-order valence-electron chi connectivity index (χ2n) is 8.72. The topological polar surface area (TPSA) is 102 Å². The highest BCUT2D eigenvalue weighted by Gasteiger charge is 2.24. The average molecular weight is 485 g/mol. The molecule has 176 valence electrons. The molecule has 2 N–H and O–H groups in total. The fraction of sp³-hybridized carbons (Fsp3) is 0.192. The third-order valence-electron chi connectivity index (χ3n) is 6.51. The summed E-state index contributed by atoms with van der Waals surface area (Å²) in [5.41, 5.74) is 3.09. The molecule has 1 aliphatic rings. The van der Waals surface area contributed by atoms with Crippen molar-refractivity contribution in [2.45, 2.75) is 23.7 Å². The van der Waals surface area contributed by atoms with Crippen LogP contribution in [0.4, 0.5) is 11.5 Å². The van der Waals surface area contributed by atoms with Gasteiger partial charge in [-0.15, -0.1) is 0 Å². The first-order chi connectivity index (χ1) is 17.1. The van der Waals surface area contributed by atoms with Gasteiger partial charge in [0.2, 0.25) is 0 Å². The van der Waals surface area contributed by atoms with E-state index >= 15 is 0 Å². The summed E-state index contributed by atoms with van der Waals surface area (Å²) in [5, 5.41) is 12.3. The zero-order valence-corrected chi connectivity index (χ0v) is 19.7. The van der Waals surface area contributed by atoms with Gasteiger partial charge in [-0.05, 0) is 61.7 Å². The Kier molecular flexibility index (Phi) is 5.43. The molecule has 8 nitrogen and oxygen atoms in total. The van der Waals surface area contributed by atoms with Crippen LogP contribution >= 0.6 is 0 Å². The first-order valence-corrected chi connectivity index (χ1v) is 13.0. The summed E-state index contributed by atoms with van der Waals surface area (Å²) < 4.78 is 28.2. The van der Waals surface area contributed by atoms with Crippen molar-refractivity contribution in [1.29, 1.82) is 0 Å². The van der Waals surface area contributed by atoms with Gasteiger partial charge < -0.3 is 10.6 Å². The number of piperidine rings is 1. The molecule has 0 bridgehead atoms. The number of nitrogens with zero attached hydrogens (tertiary/aromatic N) is 4. The molecule has 0 atom stereocenters. The van der Waals surface area contributed by atoms with Gasteiger partial charge >= 0.3 is 0 Å². The molecule has 0 spiro atoms. The Labute approximate surface area is 203 Å². The van der Waals surface area contributed by atoms with Crippen molar-refractivity contribution in [3.8, 4) is 0 Å². The molecular formula is C26H24N6O2S. The molecule has 1 aliphatic heterocycles. The number of rotatable bonds is 5. The molecule has 0 radical (unpaired) electrons. The maximum Gasteiger partial charge on any atom is 0.285 e. The molecule has 0 amide bonds. The highest BCUT2D eigenvalue weighted by Crippen LogP contribution is 2.29. The predicted octanol–water partition coefficient (Wildman–Crippen LogP) is 4.43. The van der Waals surface area contributed by atoms with E-state index in [1.54, 1.807) is 36.7 Å². The van der Waals surface area contributed by atoms with Crippen LogP contribution < -0.4 is 10.6 Å². The largest absolute Gasteiger partial charge is 0.340 e. The van der Waals surface area contributed by atoms with E-state index in [9.17, 15) is 8.42 Å². The molecule has 6 rings (SSSR count). The molecule has 1 fully saturated rings. The maximum atomic E-state index is 13.6. The lowest BCUT2D eigenvalue weighted by molar-refractivity contribution is 0.460. The van der Waals surface area contributed by atoms with Gasteiger partial charge in [0.05, 0.1) is 17.2 Å². The summed E-state index contributed by atoms with van der Waals surface area (Å²) >= 11 is 0. The molecule has 4 heterocycles. The summed E-state index contributed by atoms with van der Waals surface area (Å²) in [4.78, 5) is 8.87. The second kappa shape index (κ2) is 8.75. The van der Waals surface area contributed by atoms with Crippen molar-refractivity contribution in [3.63, 3.8) is 0 Å². The fourth-order valence-corrected chi connectivity index (χ4v) is 6.12. The SMILES string of the molecule is O=S(=O)(c1cccc2cccnc12)n1ncc2cnc(Nc3ccc(C4CCNCC4)cc3)cc21. The Bertz CT molecular complexity index is 1620. The lowest BCUT2D eigenvalue weighted by Crippen LogP contribution is -2.26. The molecule has 0 aliphatic carbocycles. The van der Waals surface area contributed by atoms with Crippen molar-refractivity contribution in [2.24, 2.45) is 0 Å². The molecule has 2 aromatic carbocycles. The van der Waals surface area contributed by atoms with Crippen molar-refractivity contribution in [2.75, 3.05) is 18.4 Å². The summed E-state index contributed by atoms with van der Waals surface area (Å²) in [5.74, 6) is 1.13. The molecule has 1 saturated heterocycles. The number of pyridine rings is 2. The van der Waals surface area contributed by atoms with E-state index in [0.717, 1.165) is 41.1 Å². The number of nitrogens with one attached hydrogen (secondary N) is 2. The number of hydrogen-bond donors (Lipinski definition) is 2. The van der Waals surface area contributed by atoms with Crippen molar-refractivity contribution >= 4 is 43.3 Å². The Morgan fingerprint density at radius 2 is 1.71 bits per heavy atom. The van der Waals surface area contributed by atoms with Crippen LogP contribution in [0.25, 0.3) is 21.8 Å². The van der Waals surface area contributed by atoms with E-state index in [1.165, 1.54) is 11.8 Å². The van der Waals surface area contributed by atoms with Crippen LogP contribution in [-0.2, 0) is 10.0 Å². The Morgan fingerprint density at radius 1 is 0.914 bits per heavy atom. The van der Waals surface area contributed by atoms with Crippen molar-refractivity contribution in [3.05, 3.63) is 84.8 Å². The minimum atomic E-state index is -3.97. The zero-order valence-electron chi connectivity index (χ0n) is 18.9. The predicted molar refractivity (Wildman–Crippen MR) is 136 cm³/mol. The number of benzene rings is 2. The normalized spacial score (nSPS) is 15.0. The highest BCUT2D eigenvalue weighted by molar-refractivity contribution is 7.90. The van der Waals surface area contributed by atoms with E-state index in [2.05, 4.69) is 37.8 Å². The van der Waals surface area contributed by atoms with E-state index < -0.39 is 10.0 Å². The minimum absolute atomic E-state index is 0.112. The van der Waals surface area contributed by atoms with E-state index in [1.807, 2.05) is 24.3 Å². The Morgan fingerprint density at radius 3 is 2.54 bits per heavy atom. The van der Waals surface area contributed by atoms with Gasteiger partial charge in [0.1, 0.15) is 10.7 Å². The lowest BCUT2D eigenvalue weighted by atomic mass is 9.90. The number of hydrogen-bond acceptors (Lipinski definition) is 7. The molecule has 5 aromatic rings. The van der Waals surface area contributed by atoms with Crippen molar-refractivity contribution in [1.82, 2.24) is 24.5 Å². The lowest BCUT2D eigenvalue weighted by Gasteiger charge is -2.23. The molecule has 35 heavy (non-hydrogen) atoms. The third kappa shape index (κ3) is 4.02. The first kappa shape index (κ1) is 21.7. The van der Waals surface area contributed by atoms with Gasteiger partial charge in [0, 0.05) is 34.9 Å². The quantitative estimate of drug-likeness (QED) is 0.381. The van der Waals surface area contributed by atoms with Crippen LogP contribution in [0.1, 0.15) is 24.3 Å². The number of aromatic nitrogens is 4. The third-order valence-corrected chi connectivity index (χ3v) is 8.15.